The van der Waals surface area contributed by atoms with Gasteiger partial charge in [0.15, 0.2) is 6.61 Å². The van der Waals surface area contributed by atoms with Crippen LogP contribution in [0.1, 0.15) is 11.5 Å². The van der Waals surface area contributed by atoms with E-state index in [1.54, 1.807) is 24.3 Å². The molecule has 3 aromatic rings. The number of aromatic nitrogens is 3. The van der Waals surface area contributed by atoms with Crippen molar-refractivity contribution in [2.45, 2.75) is 13.2 Å². The van der Waals surface area contributed by atoms with Gasteiger partial charge in [-0.15, -0.1) is 0 Å². The van der Waals surface area contributed by atoms with Crippen molar-refractivity contribution < 1.29 is 14.4 Å². The second-order valence-corrected chi connectivity index (χ2v) is 4.83. The summed E-state index contributed by atoms with van der Waals surface area (Å²) in [5, 5.41) is 13.3. The molecule has 6 nitrogen and oxygen atoms in total. The van der Waals surface area contributed by atoms with E-state index in [9.17, 15) is 0 Å². The molecular weight excluding hydrogens is 306 g/mol. The van der Waals surface area contributed by atoms with Crippen LogP contribution < -0.4 is 4.74 Å². The normalized spacial score (nSPS) is 10.6. The monoisotopic (exact) mass is 317 g/mol. The first-order valence-corrected chi connectivity index (χ1v) is 6.90. The van der Waals surface area contributed by atoms with Crippen molar-refractivity contribution in [1.29, 1.82) is 0 Å². The van der Waals surface area contributed by atoms with E-state index in [0.717, 1.165) is 0 Å². The summed E-state index contributed by atoms with van der Waals surface area (Å²) >= 11 is 6.08. The number of ether oxygens (including phenoxy) is 1. The van der Waals surface area contributed by atoms with E-state index in [4.69, 9.17) is 26.0 Å². The highest BCUT2D eigenvalue weighted by molar-refractivity contribution is 6.33. The molecule has 0 amide bonds. The third-order valence-electron chi connectivity index (χ3n) is 2.90. The van der Waals surface area contributed by atoms with Gasteiger partial charge in [-0.3, -0.25) is 4.98 Å². The number of benzene rings is 1. The van der Waals surface area contributed by atoms with E-state index in [0.29, 0.717) is 33.7 Å². The summed E-state index contributed by atoms with van der Waals surface area (Å²) in [6.07, 6.45) is 1.53. The second kappa shape index (κ2) is 6.55. The van der Waals surface area contributed by atoms with Gasteiger partial charge in [0, 0.05) is 0 Å². The van der Waals surface area contributed by atoms with Gasteiger partial charge in [-0.05, 0) is 24.3 Å². The molecule has 0 fully saturated rings. The number of nitrogens with zero attached hydrogens (tertiary/aromatic N) is 3. The fraction of sp³-hybridized carbons (Fsp3) is 0.133. The van der Waals surface area contributed by atoms with Crippen molar-refractivity contribution >= 4 is 11.6 Å². The van der Waals surface area contributed by atoms with Gasteiger partial charge in [-0.25, -0.2) is 0 Å². The highest BCUT2D eigenvalue weighted by atomic mass is 35.5. The van der Waals surface area contributed by atoms with Crippen LogP contribution >= 0.6 is 11.6 Å². The van der Waals surface area contributed by atoms with Gasteiger partial charge in [0.1, 0.15) is 5.75 Å². The first-order chi connectivity index (χ1) is 10.8. The second-order valence-electron chi connectivity index (χ2n) is 4.43. The lowest BCUT2D eigenvalue weighted by atomic mass is 10.2. The fourth-order valence-corrected chi connectivity index (χ4v) is 2.01. The van der Waals surface area contributed by atoms with Crippen LogP contribution in [0, 0.1) is 0 Å². The molecule has 22 heavy (non-hydrogen) atoms. The maximum Gasteiger partial charge on any atom is 0.259 e. The zero-order valence-corrected chi connectivity index (χ0v) is 12.2. The number of pyridine rings is 1. The topological polar surface area (TPSA) is 81.3 Å². The Balaban J connectivity index is 1.68. The summed E-state index contributed by atoms with van der Waals surface area (Å²) in [6.45, 7) is 0.0421. The minimum absolute atomic E-state index is 0.105. The van der Waals surface area contributed by atoms with Crippen LogP contribution in [0.25, 0.3) is 11.5 Å². The van der Waals surface area contributed by atoms with Crippen LogP contribution in [0.3, 0.4) is 0 Å². The standard InChI is InChI=1S/C15H12ClN3O3/c16-13-4-2-1-3-12(13)15-18-14(19-22-15)9-21-11-6-5-10(8-20)17-7-11/h1-7,20H,8-9H2. The molecule has 112 valence electrons. The highest BCUT2D eigenvalue weighted by Crippen LogP contribution is 2.25. The van der Waals surface area contributed by atoms with Crippen molar-refractivity contribution in [2.24, 2.45) is 0 Å². The van der Waals surface area contributed by atoms with E-state index in [2.05, 4.69) is 15.1 Å². The molecule has 1 aromatic carbocycles. The molecule has 0 atom stereocenters. The van der Waals surface area contributed by atoms with Crippen LogP contribution in [0.4, 0.5) is 0 Å². The smallest absolute Gasteiger partial charge is 0.259 e. The molecular formula is C15H12ClN3O3. The SMILES string of the molecule is OCc1ccc(OCc2noc(-c3ccccc3Cl)n2)cn1. The third kappa shape index (κ3) is 3.24. The van der Waals surface area contributed by atoms with Crippen LogP contribution in [0.5, 0.6) is 5.75 Å². The maximum absolute atomic E-state index is 8.92. The molecule has 0 radical (unpaired) electrons. The molecule has 0 spiro atoms. The number of halogens is 1. The maximum atomic E-state index is 8.92. The van der Waals surface area contributed by atoms with Crippen molar-refractivity contribution in [2.75, 3.05) is 0 Å². The molecule has 0 aliphatic rings. The van der Waals surface area contributed by atoms with Gasteiger partial charge in [0.05, 0.1) is 29.1 Å². The summed E-state index contributed by atoms with van der Waals surface area (Å²) in [5.41, 5.74) is 1.25. The number of hydrogen-bond donors (Lipinski definition) is 1. The molecule has 0 aliphatic heterocycles. The highest BCUT2D eigenvalue weighted by Gasteiger charge is 2.12. The Morgan fingerprint density at radius 1 is 1.18 bits per heavy atom. The Morgan fingerprint density at radius 3 is 2.77 bits per heavy atom. The predicted octanol–water partition coefficient (Wildman–Crippen LogP) is 2.86. The van der Waals surface area contributed by atoms with E-state index < -0.39 is 0 Å². The van der Waals surface area contributed by atoms with Crippen LogP contribution in [-0.4, -0.2) is 20.2 Å². The van der Waals surface area contributed by atoms with E-state index in [-0.39, 0.29) is 13.2 Å². The van der Waals surface area contributed by atoms with Crippen LogP contribution in [-0.2, 0) is 13.2 Å². The lowest BCUT2D eigenvalue weighted by molar-refractivity contribution is 0.273. The quantitative estimate of drug-likeness (QED) is 0.779. The lowest BCUT2D eigenvalue weighted by Gasteiger charge is -2.02. The molecule has 1 N–H and O–H groups in total. The minimum Gasteiger partial charge on any atom is -0.484 e. The largest absolute Gasteiger partial charge is 0.484 e. The summed E-state index contributed by atoms with van der Waals surface area (Å²) in [5.74, 6) is 1.31. The Hall–Kier alpha value is -2.44. The molecule has 0 unspecified atom stereocenters. The van der Waals surface area contributed by atoms with Gasteiger partial charge >= 0.3 is 0 Å². The van der Waals surface area contributed by atoms with E-state index in [1.807, 2.05) is 12.1 Å². The number of rotatable bonds is 5. The van der Waals surface area contributed by atoms with Crippen LogP contribution in [0.2, 0.25) is 5.02 Å². The average Bonchev–Trinajstić information content (AvgIpc) is 3.02. The van der Waals surface area contributed by atoms with Gasteiger partial charge in [0.25, 0.3) is 5.89 Å². The van der Waals surface area contributed by atoms with Crippen molar-refractivity contribution in [1.82, 2.24) is 15.1 Å². The minimum atomic E-state index is -0.105. The lowest BCUT2D eigenvalue weighted by Crippen LogP contribution is -1.98. The van der Waals surface area contributed by atoms with Gasteiger partial charge in [0.2, 0.25) is 5.82 Å². The molecule has 0 saturated heterocycles. The summed E-state index contributed by atoms with van der Waals surface area (Å²) in [6, 6.07) is 10.6. The van der Waals surface area contributed by atoms with E-state index in [1.165, 1.54) is 6.20 Å². The molecule has 2 heterocycles. The Labute approximate surface area is 131 Å². The molecule has 2 aromatic heterocycles. The zero-order chi connectivity index (χ0) is 15.4. The molecule has 0 saturated carbocycles. The number of hydrogen-bond acceptors (Lipinski definition) is 6. The van der Waals surface area contributed by atoms with Gasteiger partial charge < -0.3 is 14.4 Å². The third-order valence-corrected chi connectivity index (χ3v) is 3.23. The first-order valence-electron chi connectivity index (χ1n) is 6.52. The first kappa shape index (κ1) is 14.5. The van der Waals surface area contributed by atoms with E-state index >= 15 is 0 Å². The predicted molar refractivity (Wildman–Crippen MR) is 79.2 cm³/mol. The summed E-state index contributed by atoms with van der Waals surface area (Å²) < 4.78 is 10.7. The zero-order valence-electron chi connectivity index (χ0n) is 11.4. The summed E-state index contributed by atoms with van der Waals surface area (Å²) in [4.78, 5) is 8.26. The molecule has 0 aliphatic carbocycles. The Bertz CT molecular complexity index is 759. The van der Waals surface area contributed by atoms with Crippen molar-refractivity contribution in [3.8, 4) is 17.2 Å². The van der Waals surface area contributed by atoms with Crippen molar-refractivity contribution in [3.05, 3.63) is 59.1 Å². The average molecular weight is 318 g/mol. The van der Waals surface area contributed by atoms with Crippen molar-refractivity contribution in [3.63, 3.8) is 0 Å². The molecule has 3 rings (SSSR count). The van der Waals surface area contributed by atoms with Crippen LogP contribution in [0.15, 0.2) is 47.1 Å². The molecule has 7 heteroatoms. The van der Waals surface area contributed by atoms with Gasteiger partial charge in [-0.2, -0.15) is 4.98 Å². The Morgan fingerprint density at radius 2 is 2.05 bits per heavy atom. The number of aliphatic hydroxyl groups excluding tert-OH is 1. The Kier molecular flexibility index (Phi) is 4.32. The fourth-order valence-electron chi connectivity index (χ4n) is 1.79. The summed E-state index contributed by atoms with van der Waals surface area (Å²) in [7, 11) is 0. The molecule has 0 bridgehead atoms. The number of aliphatic hydroxyl groups is 1. The van der Waals surface area contributed by atoms with Gasteiger partial charge in [-0.1, -0.05) is 28.9 Å².